The van der Waals surface area contributed by atoms with E-state index in [4.69, 9.17) is 10.5 Å². The maximum atomic E-state index is 12.6. The van der Waals surface area contributed by atoms with Crippen LogP contribution in [0.2, 0.25) is 0 Å². The van der Waals surface area contributed by atoms with Crippen LogP contribution < -0.4 is 10.5 Å². The second-order valence-electron chi connectivity index (χ2n) is 6.76. The number of nitrogens with two attached hydrogens (primary N) is 1. The molecule has 1 heterocycles. The van der Waals surface area contributed by atoms with Crippen LogP contribution in [0.1, 0.15) is 26.2 Å². The van der Waals surface area contributed by atoms with Gasteiger partial charge >= 0.3 is 0 Å². The predicted octanol–water partition coefficient (Wildman–Crippen LogP) is 2.71. The van der Waals surface area contributed by atoms with Crippen molar-refractivity contribution < 1.29 is 9.53 Å². The smallest absolute Gasteiger partial charge is 0.225 e. The molecule has 1 aliphatic heterocycles. The fourth-order valence-electron chi connectivity index (χ4n) is 3.79. The number of carbonyl (C=O) groups is 1. The molecule has 0 radical (unpaired) electrons. The summed E-state index contributed by atoms with van der Waals surface area (Å²) in [5, 5.41) is 0. The van der Waals surface area contributed by atoms with Crippen molar-refractivity contribution in [1.29, 1.82) is 0 Å². The molecular weight excluding hydrogens is 312 g/mol. The minimum absolute atomic E-state index is 0. The number of para-hydroxylation sites is 1. The zero-order chi connectivity index (χ0) is 15.5. The van der Waals surface area contributed by atoms with Crippen LogP contribution in [0.15, 0.2) is 30.3 Å². The molecule has 2 aliphatic rings. The highest BCUT2D eigenvalue weighted by atomic mass is 35.5. The molecule has 4 atom stereocenters. The van der Waals surface area contributed by atoms with E-state index in [9.17, 15) is 4.79 Å². The zero-order valence-electron chi connectivity index (χ0n) is 13.7. The van der Waals surface area contributed by atoms with Crippen molar-refractivity contribution in [3.8, 4) is 5.75 Å². The Labute approximate surface area is 144 Å². The summed E-state index contributed by atoms with van der Waals surface area (Å²) in [6.07, 6.45) is 3.06. The van der Waals surface area contributed by atoms with Gasteiger partial charge in [0, 0.05) is 25.0 Å². The van der Waals surface area contributed by atoms with E-state index in [0.717, 1.165) is 31.7 Å². The lowest BCUT2D eigenvalue weighted by Crippen LogP contribution is -2.36. The van der Waals surface area contributed by atoms with Crippen LogP contribution in [0.5, 0.6) is 5.75 Å². The molecule has 128 valence electrons. The second kappa shape index (κ2) is 8.02. The van der Waals surface area contributed by atoms with Crippen LogP contribution in [-0.2, 0) is 4.79 Å². The Morgan fingerprint density at radius 2 is 2.04 bits per heavy atom. The first kappa shape index (κ1) is 18.1. The van der Waals surface area contributed by atoms with E-state index in [-0.39, 0.29) is 24.2 Å². The Bertz CT molecular complexity index is 511. The molecule has 23 heavy (non-hydrogen) atoms. The molecule has 1 amide bonds. The first-order valence-corrected chi connectivity index (χ1v) is 8.37. The summed E-state index contributed by atoms with van der Waals surface area (Å²) < 4.78 is 5.69. The predicted molar refractivity (Wildman–Crippen MR) is 93.7 cm³/mol. The molecule has 5 heteroatoms. The van der Waals surface area contributed by atoms with Crippen LogP contribution in [-0.4, -0.2) is 36.5 Å². The van der Waals surface area contributed by atoms with Crippen molar-refractivity contribution in [3.05, 3.63) is 30.3 Å². The maximum Gasteiger partial charge on any atom is 0.225 e. The van der Waals surface area contributed by atoms with Crippen molar-refractivity contribution in [2.45, 2.75) is 32.2 Å². The molecule has 2 N–H and O–H groups in total. The van der Waals surface area contributed by atoms with Gasteiger partial charge in [-0.3, -0.25) is 4.79 Å². The van der Waals surface area contributed by atoms with Crippen LogP contribution in [0.25, 0.3) is 0 Å². The van der Waals surface area contributed by atoms with Gasteiger partial charge in [0.25, 0.3) is 0 Å². The van der Waals surface area contributed by atoms with E-state index in [1.165, 1.54) is 6.42 Å². The third-order valence-electron chi connectivity index (χ3n) is 5.21. The van der Waals surface area contributed by atoms with E-state index in [1.54, 1.807) is 0 Å². The number of fused-ring (bicyclic) bond motifs is 1. The van der Waals surface area contributed by atoms with Crippen molar-refractivity contribution in [3.63, 3.8) is 0 Å². The van der Waals surface area contributed by atoms with E-state index in [0.29, 0.717) is 24.5 Å². The monoisotopic (exact) mass is 338 g/mol. The summed E-state index contributed by atoms with van der Waals surface area (Å²) in [7, 11) is 0. The van der Waals surface area contributed by atoms with Gasteiger partial charge in [0.1, 0.15) is 5.75 Å². The first-order valence-electron chi connectivity index (χ1n) is 8.37. The Morgan fingerprint density at radius 1 is 1.30 bits per heavy atom. The summed E-state index contributed by atoms with van der Waals surface area (Å²) in [6.45, 7) is 4.34. The molecule has 1 saturated carbocycles. The van der Waals surface area contributed by atoms with Crippen molar-refractivity contribution in [2.24, 2.45) is 23.5 Å². The largest absolute Gasteiger partial charge is 0.494 e. The van der Waals surface area contributed by atoms with Gasteiger partial charge in [-0.1, -0.05) is 25.1 Å². The Kier molecular flexibility index (Phi) is 6.31. The molecule has 1 aromatic carbocycles. The fraction of sp³-hybridized carbons (Fsp3) is 0.611. The van der Waals surface area contributed by atoms with Gasteiger partial charge in [0.15, 0.2) is 0 Å². The molecule has 0 aromatic heterocycles. The number of halogens is 1. The molecule has 3 rings (SSSR count). The molecule has 1 aliphatic carbocycles. The van der Waals surface area contributed by atoms with Gasteiger partial charge in [-0.25, -0.2) is 0 Å². The molecule has 0 spiro atoms. The van der Waals surface area contributed by atoms with E-state index in [2.05, 4.69) is 0 Å². The lowest BCUT2D eigenvalue weighted by Gasteiger charge is -2.22. The highest BCUT2D eigenvalue weighted by molar-refractivity contribution is 5.85. The Hall–Kier alpha value is -1.26. The molecule has 4 unspecified atom stereocenters. The number of benzene rings is 1. The molecule has 2 fully saturated rings. The van der Waals surface area contributed by atoms with Crippen molar-refractivity contribution in [1.82, 2.24) is 4.90 Å². The minimum Gasteiger partial charge on any atom is -0.494 e. The number of amides is 1. The summed E-state index contributed by atoms with van der Waals surface area (Å²) in [5.41, 5.74) is 6.15. The van der Waals surface area contributed by atoms with Gasteiger partial charge in [-0.2, -0.15) is 0 Å². The Balaban J connectivity index is 0.00000192. The number of ether oxygens (including phenoxy) is 1. The normalized spacial score (nSPS) is 27.2. The standard InChI is InChI=1S/C18H26N2O2.ClH/c1-13(9-10-22-15-5-3-2-4-6-15)18(21)20-11-14-7-8-17(19)16(14)12-20;/h2-6,13-14,16-17H,7-12,19H2,1H3;1H. The maximum absolute atomic E-state index is 12.6. The Morgan fingerprint density at radius 3 is 2.74 bits per heavy atom. The number of rotatable bonds is 5. The molecule has 1 saturated heterocycles. The third kappa shape index (κ3) is 4.18. The van der Waals surface area contributed by atoms with Crippen molar-refractivity contribution >= 4 is 18.3 Å². The first-order chi connectivity index (χ1) is 10.6. The van der Waals surface area contributed by atoms with Gasteiger partial charge in [-0.05, 0) is 43.2 Å². The third-order valence-corrected chi connectivity index (χ3v) is 5.21. The lowest BCUT2D eigenvalue weighted by atomic mass is 9.98. The second-order valence-corrected chi connectivity index (χ2v) is 6.76. The summed E-state index contributed by atoms with van der Waals surface area (Å²) >= 11 is 0. The number of likely N-dealkylation sites (tertiary alicyclic amines) is 1. The number of carbonyl (C=O) groups excluding carboxylic acids is 1. The van der Waals surface area contributed by atoms with Gasteiger partial charge < -0.3 is 15.4 Å². The zero-order valence-corrected chi connectivity index (χ0v) is 14.5. The highest BCUT2D eigenvalue weighted by Crippen LogP contribution is 2.37. The molecule has 1 aromatic rings. The van der Waals surface area contributed by atoms with Gasteiger partial charge in [0.05, 0.1) is 6.61 Å². The van der Waals surface area contributed by atoms with Crippen LogP contribution >= 0.6 is 12.4 Å². The van der Waals surface area contributed by atoms with Crippen LogP contribution in [0.4, 0.5) is 0 Å². The van der Waals surface area contributed by atoms with Crippen molar-refractivity contribution in [2.75, 3.05) is 19.7 Å². The van der Waals surface area contributed by atoms with E-state index < -0.39 is 0 Å². The topological polar surface area (TPSA) is 55.6 Å². The quantitative estimate of drug-likeness (QED) is 0.898. The number of hydrogen-bond donors (Lipinski definition) is 1. The fourth-order valence-corrected chi connectivity index (χ4v) is 3.79. The SMILES string of the molecule is CC(CCOc1ccccc1)C(=O)N1CC2CCC(N)C2C1.Cl. The summed E-state index contributed by atoms with van der Waals surface area (Å²) in [4.78, 5) is 14.6. The molecule has 4 nitrogen and oxygen atoms in total. The average molecular weight is 339 g/mol. The number of hydrogen-bond acceptors (Lipinski definition) is 3. The molecule has 0 bridgehead atoms. The van der Waals surface area contributed by atoms with E-state index in [1.807, 2.05) is 42.2 Å². The number of nitrogens with zero attached hydrogens (tertiary/aromatic N) is 1. The van der Waals surface area contributed by atoms with Crippen LogP contribution in [0, 0.1) is 17.8 Å². The summed E-state index contributed by atoms with van der Waals surface area (Å²) in [6, 6.07) is 10.0. The highest BCUT2D eigenvalue weighted by Gasteiger charge is 2.42. The molecular formula is C18H27ClN2O2. The van der Waals surface area contributed by atoms with Gasteiger partial charge in [0.2, 0.25) is 5.91 Å². The van der Waals surface area contributed by atoms with Gasteiger partial charge in [-0.15, -0.1) is 12.4 Å². The van der Waals surface area contributed by atoms with Crippen LogP contribution in [0.3, 0.4) is 0 Å². The lowest BCUT2D eigenvalue weighted by molar-refractivity contribution is -0.134. The average Bonchev–Trinajstić information content (AvgIpc) is 3.10. The van der Waals surface area contributed by atoms with E-state index >= 15 is 0 Å². The summed E-state index contributed by atoms with van der Waals surface area (Å²) in [5.74, 6) is 2.30. The minimum atomic E-state index is 0.